The minimum atomic E-state index is -0.652. The van der Waals surface area contributed by atoms with Crippen molar-refractivity contribution in [2.24, 2.45) is 5.73 Å². The van der Waals surface area contributed by atoms with Gasteiger partial charge in [0.15, 0.2) is 0 Å². The van der Waals surface area contributed by atoms with Crippen molar-refractivity contribution in [3.8, 4) is 0 Å². The molecule has 1 rings (SSSR count). The van der Waals surface area contributed by atoms with Crippen LogP contribution in [0, 0.1) is 13.8 Å². The van der Waals surface area contributed by atoms with Gasteiger partial charge in [-0.25, -0.2) is 0 Å². The van der Waals surface area contributed by atoms with Crippen LogP contribution in [0.2, 0.25) is 5.02 Å². The number of hydrogen-bond donors (Lipinski definition) is 2. The zero-order valence-electron chi connectivity index (χ0n) is 13.7. The normalized spacial score (nSPS) is 14.4. The van der Waals surface area contributed by atoms with Crippen LogP contribution in [0.3, 0.4) is 0 Å². The van der Waals surface area contributed by atoms with E-state index in [1.54, 1.807) is 0 Å². The van der Waals surface area contributed by atoms with Crippen LogP contribution in [0.15, 0.2) is 0 Å². The Hall–Kier alpha value is -1.07. The summed E-state index contributed by atoms with van der Waals surface area (Å²) in [5.41, 5.74) is 6.72. The molecule has 0 saturated carbocycles. The number of nitrogens with zero attached hydrogens (tertiary/aromatic N) is 2. The lowest BCUT2D eigenvalue weighted by atomic mass is 9.93. The maximum atomic E-state index is 11.6. The minimum Gasteiger partial charge on any atom is -0.368 e. The number of nitrogens with two attached hydrogens (primary N) is 1. The molecule has 1 aromatic heterocycles. The first-order valence-electron chi connectivity index (χ1n) is 7.44. The molecule has 1 aromatic rings. The summed E-state index contributed by atoms with van der Waals surface area (Å²) in [6, 6.07) is 0.220. The molecule has 0 aliphatic rings. The monoisotopic (exact) mass is 314 g/mol. The molecule has 0 radical (unpaired) electrons. The van der Waals surface area contributed by atoms with Gasteiger partial charge >= 0.3 is 0 Å². The average Bonchev–Trinajstić information content (AvgIpc) is 2.61. The number of halogens is 1. The molecule has 1 amide bonds. The standard InChI is InChI=1S/C15H27ClN4O/c1-10(2)18-15(5,14(17)21)8-6-7-9-20-12(4)13(16)11(3)19-20/h10,18H,6-9H2,1-5H3,(H2,17,21). The molecule has 21 heavy (non-hydrogen) atoms. The van der Waals surface area contributed by atoms with Gasteiger partial charge in [0.1, 0.15) is 0 Å². The van der Waals surface area contributed by atoms with E-state index in [4.69, 9.17) is 17.3 Å². The maximum absolute atomic E-state index is 11.6. The molecule has 1 atom stereocenters. The predicted molar refractivity (Wildman–Crippen MR) is 86.4 cm³/mol. The van der Waals surface area contributed by atoms with Crippen molar-refractivity contribution in [2.45, 2.75) is 72.0 Å². The van der Waals surface area contributed by atoms with Crippen molar-refractivity contribution in [1.82, 2.24) is 15.1 Å². The molecule has 0 saturated heterocycles. The summed E-state index contributed by atoms with van der Waals surface area (Å²) in [7, 11) is 0. The van der Waals surface area contributed by atoms with Gasteiger partial charge in [-0.1, -0.05) is 11.6 Å². The van der Waals surface area contributed by atoms with E-state index in [1.165, 1.54) is 0 Å². The van der Waals surface area contributed by atoms with Crippen LogP contribution >= 0.6 is 11.6 Å². The zero-order chi connectivity index (χ0) is 16.2. The fraction of sp³-hybridized carbons (Fsp3) is 0.733. The molecule has 0 fully saturated rings. The van der Waals surface area contributed by atoms with Crippen molar-refractivity contribution in [2.75, 3.05) is 0 Å². The highest BCUT2D eigenvalue weighted by Crippen LogP contribution is 2.20. The third-order valence-corrected chi connectivity index (χ3v) is 4.29. The van der Waals surface area contributed by atoms with Crippen LogP contribution in [0.4, 0.5) is 0 Å². The summed E-state index contributed by atoms with van der Waals surface area (Å²) in [6.07, 6.45) is 2.55. The molecule has 3 N–H and O–H groups in total. The van der Waals surface area contributed by atoms with Gasteiger partial charge in [0.2, 0.25) is 5.91 Å². The SMILES string of the molecule is Cc1nn(CCCCC(C)(NC(C)C)C(N)=O)c(C)c1Cl. The van der Waals surface area contributed by atoms with Crippen molar-refractivity contribution < 1.29 is 4.79 Å². The van der Waals surface area contributed by atoms with E-state index in [0.717, 1.165) is 35.8 Å². The highest BCUT2D eigenvalue weighted by molar-refractivity contribution is 6.31. The van der Waals surface area contributed by atoms with Crippen LogP contribution < -0.4 is 11.1 Å². The van der Waals surface area contributed by atoms with Gasteiger partial charge in [0.05, 0.1) is 21.9 Å². The van der Waals surface area contributed by atoms with Crippen LogP contribution in [-0.2, 0) is 11.3 Å². The Morgan fingerprint density at radius 3 is 2.48 bits per heavy atom. The Bertz CT molecular complexity index is 498. The van der Waals surface area contributed by atoms with E-state index in [0.29, 0.717) is 6.42 Å². The Morgan fingerprint density at radius 2 is 2.05 bits per heavy atom. The maximum Gasteiger partial charge on any atom is 0.237 e. The fourth-order valence-electron chi connectivity index (χ4n) is 2.54. The lowest BCUT2D eigenvalue weighted by molar-refractivity contribution is -0.124. The number of rotatable bonds is 8. The first-order valence-corrected chi connectivity index (χ1v) is 7.82. The topological polar surface area (TPSA) is 72.9 Å². The summed E-state index contributed by atoms with van der Waals surface area (Å²) in [5.74, 6) is -0.301. The Balaban J connectivity index is 2.52. The van der Waals surface area contributed by atoms with Crippen molar-refractivity contribution in [3.63, 3.8) is 0 Å². The second-order valence-electron chi connectivity index (χ2n) is 6.16. The number of primary amides is 1. The molecule has 0 aliphatic heterocycles. The highest BCUT2D eigenvalue weighted by atomic mass is 35.5. The van der Waals surface area contributed by atoms with Crippen molar-refractivity contribution >= 4 is 17.5 Å². The number of carbonyl (C=O) groups is 1. The molecule has 0 bridgehead atoms. The number of amides is 1. The van der Waals surface area contributed by atoms with E-state index in [-0.39, 0.29) is 11.9 Å². The largest absolute Gasteiger partial charge is 0.368 e. The molecule has 6 heteroatoms. The van der Waals surface area contributed by atoms with E-state index in [9.17, 15) is 4.79 Å². The number of nitrogens with one attached hydrogen (secondary N) is 1. The van der Waals surface area contributed by atoms with Gasteiger partial charge in [0, 0.05) is 12.6 Å². The summed E-state index contributed by atoms with van der Waals surface area (Å²) in [6.45, 7) is 10.6. The quantitative estimate of drug-likeness (QED) is 0.724. The first-order chi connectivity index (χ1) is 9.67. The molecule has 1 heterocycles. The van der Waals surface area contributed by atoms with Crippen LogP contribution in [-0.4, -0.2) is 27.3 Å². The van der Waals surface area contributed by atoms with E-state index in [1.807, 2.05) is 39.3 Å². The number of aromatic nitrogens is 2. The third kappa shape index (κ3) is 4.71. The fourth-order valence-corrected chi connectivity index (χ4v) is 2.67. The molecule has 0 aromatic carbocycles. The second kappa shape index (κ2) is 7.27. The van der Waals surface area contributed by atoms with Gasteiger partial charge in [0.25, 0.3) is 0 Å². The zero-order valence-corrected chi connectivity index (χ0v) is 14.4. The molecular weight excluding hydrogens is 288 g/mol. The lowest BCUT2D eigenvalue weighted by Gasteiger charge is -2.29. The van der Waals surface area contributed by atoms with Crippen LogP contribution in [0.25, 0.3) is 0 Å². The van der Waals surface area contributed by atoms with Gasteiger partial charge in [-0.2, -0.15) is 5.10 Å². The van der Waals surface area contributed by atoms with Crippen molar-refractivity contribution in [3.05, 3.63) is 16.4 Å². The van der Waals surface area contributed by atoms with Gasteiger partial charge in [-0.3, -0.25) is 9.48 Å². The highest BCUT2D eigenvalue weighted by Gasteiger charge is 2.30. The van der Waals surface area contributed by atoms with Crippen molar-refractivity contribution in [1.29, 1.82) is 0 Å². The summed E-state index contributed by atoms with van der Waals surface area (Å²) in [5, 5.41) is 8.40. The van der Waals surface area contributed by atoms with E-state index < -0.39 is 5.54 Å². The van der Waals surface area contributed by atoms with Gasteiger partial charge < -0.3 is 11.1 Å². The summed E-state index contributed by atoms with van der Waals surface area (Å²) < 4.78 is 1.93. The number of hydrogen-bond acceptors (Lipinski definition) is 3. The lowest BCUT2D eigenvalue weighted by Crippen LogP contribution is -2.55. The molecule has 1 unspecified atom stereocenters. The number of unbranched alkanes of at least 4 members (excludes halogenated alkanes) is 1. The molecule has 0 aliphatic carbocycles. The first kappa shape index (κ1) is 18.0. The Labute approximate surface area is 132 Å². The third-order valence-electron chi connectivity index (χ3n) is 3.74. The summed E-state index contributed by atoms with van der Waals surface area (Å²) >= 11 is 6.13. The smallest absolute Gasteiger partial charge is 0.237 e. The predicted octanol–water partition coefficient (Wildman–Crippen LogP) is 2.57. The second-order valence-corrected chi connectivity index (χ2v) is 6.54. The van der Waals surface area contributed by atoms with Gasteiger partial charge in [-0.05, 0) is 53.9 Å². The van der Waals surface area contributed by atoms with Gasteiger partial charge in [-0.15, -0.1) is 0 Å². The number of carbonyl (C=O) groups excluding carboxylic acids is 1. The van der Waals surface area contributed by atoms with Crippen LogP contribution in [0.5, 0.6) is 0 Å². The van der Waals surface area contributed by atoms with E-state index >= 15 is 0 Å². The summed E-state index contributed by atoms with van der Waals surface area (Å²) in [4.78, 5) is 11.6. The Morgan fingerprint density at radius 1 is 1.43 bits per heavy atom. The molecular formula is C15H27ClN4O. The molecule has 5 nitrogen and oxygen atoms in total. The minimum absolute atomic E-state index is 0.220. The molecule has 0 spiro atoms. The van der Waals surface area contributed by atoms with Crippen LogP contribution in [0.1, 0.15) is 51.4 Å². The molecule has 120 valence electrons. The Kier molecular flexibility index (Phi) is 6.23. The average molecular weight is 315 g/mol. The number of aryl methyl sites for hydroxylation is 2. The van der Waals surface area contributed by atoms with E-state index in [2.05, 4.69) is 10.4 Å².